The quantitative estimate of drug-likeness (QED) is 0.427. The van der Waals surface area contributed by atoms with Gasteiger partial charge in [-0.1, -0.05) is 61.2 Å². The van der Waals surface area contributed by atoms with E-state index in [1.54, 1.807) is 48.5 Å². The summed E-state index contributed by atoms with van der Waals surface area (Å²) in [6.07, 6.45) is -4.67. The van der Waals surface area contributed by atoms with Crippen molar-refractivity contribution in [2.75, 3.05) is 0 Å². The van der Waals surface area contributed by atoms with Gasteiger partial charge in [0.15, 0.2) is 0 Å². The second-order valence-corrected chi connectivity index (χ2v) is 6.65. The van der Waals surface area contributed by atoms with Gasteiger partial charge in [-0.2, -0.15) is 23.0 Å². The number of nitrogens with zero attached hydrogens (tertiary/aromatic N) is 2. The third-order valence-electron chi connectivity index (χ3n) is 4.73. The van der Waals surface area contributed by atoms with Crippen molar-refractivity contribution in [2.24, 2.45) is 0 Å². The first-order valence-electron chi connectivity index (χ1n) is 8.95. The number of aliphatic hydroxyl groups is 1. The molecule has 0 aliphatic heterocycles. The zero-order valence-electron chi connectivity index (χ0n) is 15.5. The summed E-state index contributed by atoms with van der Waals surface area (Å²) >= 11 is 0. The van der Waals surface area contributed by atoms with Crippen LogP contribution in [0.2, 0.25) is 0 Å². The molecule has 150 valence electrons. The minimum Gasteiger partial charge on any atom is -0.508 e. The molecular formula is C23H15F3N2O2. The smallest absolute Gasteiger partial charge is 0.417 e. The first-order valence-corrected chi connectivity index (χ1v) is 8.95. The van der Waals surface area contributed by atoms with Crippen molar-refractivity contribution in [3.8, 4) is 11.3 Å². The van der Waals surface area contributed by atoms with Gasteiger partial charge < -0.3 is 5.11 Å². The van der Waals surface area contributed by atoms with Crippen LogP contribution in [0.15, 0.2) is 79.4 Å². The predicted octanol–water partition coefficient (Wildman–Crippen LogP) is 5.94. The molecule has 7 heteroatoms. The van der Waals surface area contributed by atoms with Crippen LogP contribution in [-0.2, 0) is 6.18 Å². The number of rotatable bonds is 3. The van der Waals surface area contributed by atoms with Gasteiger partial charge in [0.2, 0.25) is 0 Å². The molecule has 0 aliphatic carbocycles. The maximum absolute atomic E-state index is 13.4. The van der Waals surface area contributed by atoms with Gasteiger partial charge in [0.05, 0.1) is 16.6 Å². The second kappa shape index (κ2) is 7.18. The van der Waals surface area contributed by atoms with Gasteiger partial charge in [0.1, 0.15) is 11.5 Å². The Bertz CT molecular complexity index is 1270. The van der Waals surface area contributed by atoms with Gasteiger partial charge in [-0.25, -0.2) is 0 Å². The minimum atomic E-state index is -4.67. The lowest BCUT2D eigenvalue weighted by molar-refractivity contribution is -0.137. The summed E-state index contributed by atoms with van der Waals surface area (Å²) in [6.45, 7) is 3.47. The number of carbonyl (C=O) groups excluding carboxylic acids is 1. The molecule has 1 N–H and O–H groups in total. The highest BCUT2D eigenvalue weighted by Crippen LogP contribution is 2.34. The summed E-state index contributed by atoms with van der Waals surface area (Å²) in [5.74, 6) is -0.957. The summed E-state index contributed by atoms with van der Waals surface area (Å²) in [5, 5.41) is 14.5. The lowest BCUT2D eigenvalue weighted by Crippen LogP contribution is -2.19. The Morgan fingerprint density at radius 3 is 2.23 bits per heavy atom. The van der Waals surface area contributed by atoms with Crippen LogP contribution in [0.1, 0.15) is 21.5 Å². The van der Waals surface area contributed by atoms with Crippen molar-refractivity contribution in [1.82, 2.24) is 9.78 Å². The number of para-hydroxylation sites is 1. The topological polar surface area (TPSA) is 55.1 Å². The van der Waals surface area contributed by atoms with Crippen molar-refractivity contribution < 1.29 is 23.1 Å². The molecule has 4 nitrogen and oxygen atoms in total. The van der Waals surface area contributed by atoms with Gasteiger partial charge in [0, 0.05) is 16.5 Å². The van der Waals surface area contributed by atoms with E-state index in [1.165, 1.54) is 12.1 Å². The number of hydrogen-bond acceptors (Lipinski definition) is 3. The normalized spacial score (nSPS) is 11.6. The van der Waals surface area contributed by atoms with E-state index < -0.39 is 23.2 Å². The first-order chi connectivity index (χ1) is 14.3. The number of fused-ring (bicyclic) bond motifs is 1. The Labute approximate surface area is 169 Å². The van der Waals surface area contributed by atoms with Crippen molar-refractivity contribution in [1.29, 1.82) is 0 Å². The zero-order chi connectivity index (χ0) is 21.5. The van der Waals surface area contributed by atoms with E-state index in [-0.39, 0.29) is 5.76 Å². The highest BCUT2D eigenvalue weighted by Gasteiger charge is 2.35. The molecule has 30 heavy (non-hydrogen) atoms. The molecular weight excluding hydrogens is 393 g/mol. The average Bonchev–Trinajstić information content (AvgIpc) is 3.12. The standard InChI is InChI=1S/C23H15F3N2O2/c1-14(29)15-10-12-16(13-11-15)21-18-7-3-5-9-20(18)28(27-21)22(30)17-6-2-4-8-19(17)23(24,25)26/h2-13,29H,1H2. The molecule has 4 aromatic rings. The van der Waals surface area contributed by atoms with E-state index in [1.807, 2.05) is 0 Å². The highest BCUT2D eigenvalue weighted by atomic mass is 19.4. The number of carbonyl (C=O) groups is 1. The van der Waals surface area contributed by atoms with Crippen LogP contribution in [0.25, 0.3) is 27.9 Å². The van der Waals surface area contributed by atoms with Crippen LogP contribution >= 0.6 is 0 Å². The maximum atomic E-state index is 13.4. The minimum absolute atomic E-state index is 0.0872. The Morgan fingerprint density at radius 2 is 1.57 bits per heavy atom. The van der Waals surface area contributed by atoms with Crippen LogP contribution < -0.4 is 0 Å². The van der Waals surface area contributed by atoms with E-state index >= 15 is 0 Å². The van der Waals surface area contributed by atoms with Gasteiger partial charge in [0.25, 0.3) is 5.91 Å². The lowest BCUT2D eigenvalue weighted by atomic mass is 10.1. The molecule has 1 aromatic heterocycles. The molecule has 0 atom stereocenters. The van der Waals surface area contributed by atoms with E-state index in [4.69, 9.17) is 0 Å². The largest absolute Gasteiger partial charge is 0.508 e. The highest BCUT2D eigenvalue weighted by molar-refractivity contribution is 6.05. The molecule has 4 rings (SSSR count). The molecule has 0 amide bonds. The molecule has 0 unspecified atom stereocenters. The van der Waals surface area contributed by atoms with Crippen molar-refractivity contribution in [3.63, 3.8) is 0 Å². The average molecular weight is 408 g/mol. The maximum Gasteiger partial charge on any atom is 0.417 e. The number of benzene rings is 3. The fourth-order valence-electron chi connectivity index (χ4n) is 3.29. The van der Waals surface area contributed by atoms with Crippen molar-refractivity contribution in [3.05, 3.63) is 96.1 Å². The first kappa shape index (κ1) is 19.4. The summed E-state index contributed by atoms with van der Waals surface area (Å²) in [5.41, 5.74) is 0.520. The van der Waals surface area contributed by atoms with Crippen LogP contribution in [-0.4, -0.2) is 20.8 Å². The third kappa shape index (κ3) is 3.34. The molecule has 3 aromatic carbocycles. The fourth-order valence-corrected chi connectivity index (χ4v) is 3.29. The summed E-state index contributed by atoms with van der Waals surface area (Å²) in [7, 11) is 0. The Hall–Kier alpha value is -3.87. The van der Waals surface area contributed by atoms with Gasteiger partial charge >= 0.3 is 6.18 Å². The Kier molecular flexibility index (Phi) is 4.66. The lowest BCUT2D eigenvalue weighted by Gasteiger charge is -2.11. The zero-order valence-corrected chi connectivity index (χ0v) is 15.5. The van der Waals surface area contributed by atoms with Crippen LogP contribution in [0.3, 0.4) is 0 Å². The fraction of sp³-hybridized carbons (Fsp3) is 0.0435. The molecule has 0 spiro atoms. The molecule has 0 bridgehead atoms. The van der Waals surface area contributed by atoms with E-state index in [0.717, 1.165) is 16.8 Å². The Morgan fingerprint density at radius 1 is 0.933 bits per heavy atom. The van der Waals surface area contributed by atoms with Crippen molar-refractivity contribution >= 4 is 22.6 Å². The predicted molar refractivity (Wildman–Crippen MR) is 108 cm³/mol. The molecule has 0 aliphatic rings. The molecule has 0 saturated carbocycles. The number of hydrogen-bond donors (Lipinski definition) is 1. The summed E-state index contributed by atoms with van der Waals surface area (Å²) in [6, 6.07) is 18.1. The number of aromatic nitrogens is 2. The van der Waals surface area contributed by atoms with Gasteiger partial charge in [-0.15, -0.1) is 0 Å². The monoisotopic (exact) mass is 408 g/mol. The summed E-state index contributed by atoms with van der Waals surface area (Å²) in [4.78, 5) is 13.1. The van der Waals surface area contributed by atoms with Crippen LogP contribution in [0.4, 0.5) is 13.2 Å². The number of aliphatic hydroxyl groups excluding tert-OH is 1. The Balaban J connectivity index is 1.88. The van der Waals surface area contributed by atoms with Crippen LogP contribution in [0.5, 0.6) is 0 Å². The van der Waals surface area contributed by atoms with E-state index in [0.29, 0.717) is 27.7 Å². The van der Waals surface area contributed by atoms with Gasteiger partial charge in [-0.05, 0) is 18.2 Å². The second-order valence-electron chi connectivity index (χ2n) is 6.65. The molecule has 1 heterocycles. The van der Waals surface area contributed by atoms with E-state index in [2.05, 4.69) is 11.7 Å². The van der Waals surface area contributed by atoms with Crippen LogP contribution in [0, 0.1) is 0 Å². The molecule has 0 radical (unpaired) electrons. The number of alkyl halides is 3. The SMILES string of the molecule is C=C(O)c1ccc(-c2nn(C(=O)c3ccccc3C(F)(F)F)c3ccccc23)cc1. The molecule has 0 fully saturated rings. The summed E-state index contributed by atoms with van der Waals surface area (Å²) < 4.78 is 41.2. The van der Waals surface area contributed by atoms with E-state index in [9.17, 15) is 23.1 Å². The molecule has 0 saturated heterocycles. The van der Waals surface area contributed by atoms with Gasteiger partial charge in [-0.3, -0.25) is 4.79 Å². The van der Waals surface area contributed by atoms with Crippen molar-refractivity contribution in [2.45, 2.75) is 6.18 Å². The third-order valence-corrected chi connectivity index (χ3v) is 4.73. The number of halogens is 3.